The number of carbonyl (C=O) groups is 1. The Morgan fingerprint density at radius 3 is 2.70 bits per heavy atom. The summed E-state index contributed by atoms with van der Waals surface area (Å²) in [5, 5.41) is 2.73. The molecule has 1 aliphatic rings. The zero-order valence-corrected chi connectivity index (χ0v) is 10.9. The molecule has 1 amide bonds. The molecule has 1 unspecified atom stereocenters. The van der Waals surface area contributed by atoms with Crippen molar-refractivity contribution < 1.29 is 14.3 Å². The molecule has 1 aliphatic carbocycles. The molecule has 1 aromatic carbocycles. The number of rotatable bonds is 3. The average molecular weight is 270 g/mol. The van der Waals surface area contributed by atoms with E-state index in [0.717, 1.165) is 0 Å². The number of allylic oxidation sites excluding steroid dienone is 2. The molecule has 1 atom stereocenters. The van der Waals surface area contributed by atoms with Crippen LogP contribution in [0.5, 0.6) is 0 Å². The molecule has 6 nitrogen and oxygen atoms in total. The van der Waals surface area contributed by atoms with Gasteiger partial charge < -0.3 is 21.3 Å². The van der Waals surface area contributed by atoms with Gasteiger partial charge in [-0.05, 0) is 18.2 Å². The van der Waals surface area contributed by atoms with Gasteiger partial charge in [0.2, 0.25) is 5.91 Å². The highest BCUT2D eigenvalue weighted by molar-refractivity contribution is 6.15. The molecule has 0 fully saturated rings. The number of hydrogen-bond acceptors (Lipinski definition) is 3. The lowest BCUT2D eigenvalue weighted by Gasteiger charge is -2.15. The Morgan fingerprint density at radius 1 is 1.40 bits per heavy atom. The highest BCUT2D eigenvalue weighted by Gasteiger charge is 2.35. The van der Waals surface area contributed by atoms with E-state index < -0.39 is 5.92 Å². The summed E-state index contributed by atoms with van der Waals surface area (Å²) >= 11 is 0. The highest BCUT2D eigenvalue weighted by Crippen LogP contribution is 2.19. The summed E-state index contributed by atoms with van der Waals surface area (Å²) in [6, 6.07) is 9.00. The SMILES string of the molecule is COC1=C(N)C(=[N+]=[N-])C(C(=O)Nc2ccccc2)C=C1. The van der Waals surface area contributed by atoms with E-state index in [-0.39, 0.29) is 17.3 Å². The summed E-state index contributed by atoms with van der Waals surface area (Å²) in [6.07, 6.45) is 3.15. The number of methoxy groups -OCH3 is 1. The van der Waals surface area contributed by atoms with E-state index in [4.69, 9.17) is 16.0 Å². The minimum Gasteiger partial charge on any atom is -0.494 e. The summed E-state index contributed by atoms with van der Waals surface area (Å²) in [4.78, 5) is 15.3. The number of anilines is 1. The van der Waals surface area contributed by atoms with Crippen molar-refractivity contribution in [3.8, 4) is 0 Å². The van der Waals surface area contributed by atoms with Crippen LogP contribution in [0.4, 0.5) is 5.69 Å². The van der Waals surface area contributed by atoms with Gasteiger partial charge in [-0.2, -0.15) is 4.79 Å². The number of amides is 1. The molecule has 6 heteroatoms. The first-order valence-electron chi connectivity index (χ1n) is 5.97. The van der Waals surface area contributed by atoms with Crippen LogP contribution in [0.15, 0.2) is 53.9 Å². The van der Waals surface area contributed by atoms with Crippen molar-refractivity contribution in [3.05, 3.63) is 59.5 Å². The smallest absolute Gasteiger partial charge is 0.334 e. The van der Waals surface area contributed by atoms with Crippen LogP contribution in [0, 0.1) is 5.92 Å². The van der Waals surface area contributed by atoms with E-state index in [1.54, 1.807) is 24.3 Å². The Hall–Kier alpha value is -2.85. The molecule has 0 spiro atoms. The second kappa shape index (κ2) is 5.86. The molecule has 1 aromatic rings. The third kappa shape index (κ3) is 2.60. The molecule has 0 saturated heterocycles. The second-order valence-corrected chi connectivity index (χ2v) is 4.16. The van der Waals surface area contributed by atoms with Crippen LogP contribution in [0.2, 0.25) is 0 Å². The van der Waals surface area contributed by atoms with Gasteiger partial charge in [0.05, 0.1) is 7.11 Å². The molecule has 0 radical (unpaired) electrons. The van der Waals surface area contributed by atoms with Crippen molar-refractivity contribution in [2.75, 3.05) is 12.4 Å². The minimum absolute atomic E-state index is 0.0674. The Kier molecular flexibility index (Phi) is 3.98. The Bertz CT molecular complexity index is 628. The van der Waals surface area contributed by atoms with Crippen LogP contribution in [0.1, 0.15) is 0 Å². The summed E-state index contributed by atoms with van der Waals surface area (Å²) in [5.74, 6) is -0.737. The number of nitrogens with two attached hydrogens (primary N) is 1. The average Bonchev–Trinajstić information content (AvgIpc) is 2.47. The van der Waals surface area contributed by atoms with E-state index in [9.17, 15) is 4.79 Å². The van der Waals surface area contributed by atoms with Gasteiger partial charge in [0.25, 0.3) is 0 Å². The predicted molar refractivity (Wildman–Crippen MR) is 74.6 cm³/mol. The first-order valence-corrected chi connectivity index (χ1v) is 5.97. The van der Waals surface area contributed by atoms with Gasteiger partial charge >= 0.3 is 5.71 Å². The molecule has 0 aromatic heterocycles. The van der Waals surface area contributed by atoms with Gasteiger partial charge in [0.15, 0.2) is 11.6 Å². The number of ether oxygens (including phenoxy) is 1. The lowest BCUT2D eigenvalue weighted by molar-refractivity contribution is -0.118. The number of hydrogen-bond donors (Lipinski definition) is 2. The number of nitrogens with zero attached hydrogens (tertiary/aromatic N) is 2. The van der Waals surface area contributed by atoms with Crippen LogP contribution in [0.25, 0.3) is 5.53 Å². The summed E-state index contributed by atoms with van der Waals surface area (Å²) in [6.45, 7) is 0. The first kappa shape index (κ1) is 13.6. The normalized spacial score (nSPS) is 17.6. The van der Waals surface area contributed by atoms with Crippen molar-refractivity contribution >= 4 is 17.3 Å². The third-order valence-electron chi connectivity index (χ3n) is 2.93. The maximum Gasteiger partial charge on any atom is 0.334 e. The van der Waals surface area contributed by atoms with Gasteiger partial charge in [0.1, 0.15) is 5.76 Å². The van der Waals surface area contributed by atoms with Crippen LogP contribution in [-0.4, -0.2) is 23.5 Å². The van der Waals surface area contributed by atoms with E-state index in [0.29, 0.717) is 11.4 Å². The van der Waals surface area contributed by atoms with E-state index >= 15 is 0 Å². The molecule has 20 heavy (non-hydrogen) atoms. The lowest BCUT2D eigenvalue weighted by Crippen LogP contribution is -2.34. The number of carbonyl (C=O) groups excluding carboxylic acids is 1. The Morgan fingerprint density at radius 2 is 2.10 bits per heavy atom. The lowest BCUT2D eigenvalue weighted by atomic mass is 9.94. The zero-order valence-electron chi connectivity index (χ0n) is 10.9. The quantitative estimate of drug-likeness (QED) is 0.639. The van der Waals surface area contributed by atoms with E-state index in [2.05, 4.69) is 10.1 Å². The standard InChI is InChI=1S/C14H14N4O2/c1-20-11-8-7-10(13(18-16)12(11)15)14(19)17-9-5-3-2-4-6-9/h2-8,10H,15H2,1H3,(H,17,19). The topological polar surface area (TPSA) is 101 Å². The van der Waals surface area contributed by atoms with Crippen molar-refractivity contribution in [1.29, 1.82) is 0 Å². The fourth-order valence-corrected chi connectivity index (χ4v) is 1.91. The van der Waals surface area contributed by atoms with Crippen molar-refractivity contribution in [1.82, 2.24) is 0 Å². The molecule has 0 saturated carbocycles. The monoisotopic (exact) mass is 270 g/mol. The fraction of sp³-hybridized carbons (Fsp3) is 0.143. The van der Waals surface area contributed by atoms with Gasteiger partial charge in [-0.1, -0.05) is 24.3 Å². The molecule has 0 heterocycles. The maximum absolute atomic E-state index is 12.2. The van der Waals surface area contributed by atoms with Crippen molar-refractivity contribution in [2.24, 2.45) is 11.7 Å². The van der Waals surface area contributed by atoms with Crippen molar-refractivity contribution in [3.63, 3.8) is 0 Å². The van der Waals surface area contributed by atoms with Crippen LogP contribution in [0.3, 0.4) is 0 Å². The molecule has 0 bridgehead atoms. The molecular formula is C14H14N4O2. The Balaban J connectivity index is 2.22. The first-order chi connectivity index (χ1) is 9.67. The largest absolute Gasteiger partial charge is 0.494 e. The maximum atomic E-state index is 12.2. The van der Waals surface area contributed by atoms with Gasteiger partial charge in [0, 0.05) is 5.69 Å². The van der Waals surface area contributed by atoms with Gasteiger partial charge in [-0.3, -0.25) is 4.79 Å². The highest BCUT2D eigenvalue weighted by atomic mass is 16.5. The van der Waals surface area contributed by atoms with E-state index in [1.165, 1.54) is 7.11 Å². The number of benzene rings is 1. The van der Waals surface area contributed by atoms with Gasteiger partial charge in [-0.15, -0.1) is 0 Å². The van der Waals surface area contributed by atoms with Crippen LogP contribution < -0.4 is 11.1 Å². The molecular weight excluding hydrogens is 256 g/mol. The third-order valence-corrected chi connectivity index (χ3v) is 2.93. The minimum atomic E-state index is -0.765. The number of para-hydroxylation sites is 1. The van der Waals surface area contributed by atoms with Gasteiger partial charge in [-0.25, -0.2) is 0 Å². The summed E-state index contributed by atoms with van der Waals surface area (Å²) in [7, 11) is 1.45. The zero-order chi connectivity index (χ0) is 14.5. The summed E-state index contributed by atoms with van der Waals surface area (Å²) < 4.78 is 5.03. The predicted octanol–water partition coefficient (Wildman–Crippen LogP) is 1.30. The summed E-state index contributed by atoms with van der Waals surface area (Å²) in [5.41, 5.74) is 15.7. The second-order valence-electron chi connectivity index (χ2n) is 4.16. The van der Waals surface area contributed by atoms with E-state index in [1.807, 2.05) is 18.2 Å². The molecule has 2 rings (SSSR count). The molecule has 0 aliphatic heterocycles. The molecule has 3 N–H and O–H groups in total. The number of nitrogens with one attached hydrogen (secondary N) is 1. The molecule has 102 valence electrons. The van der Waals surface area contributed by atoms with Crippen molar-refractivity contribution in [2.45, 2.75) is 0 Å². The Labute approximate surface area is 116 Å². The fourth-order valence-electron chi connectivity index (χ4n) is 1.91. The van der Waals surface area contributed by atoms with Crippen LogP contribution >= 0.6 is 0 Å². The van der Waals surface area contributed by atoms with Crippen LogP contribution in [-0.2, 0) is 9.53 Å².